The third-order valence-corrected chi connectivity index (χ3v) is 3.31. The van der Waals surface area contributed by atoms with Gasteiger partial charge in [0.1, 0.15) is 11.5 Å². The van der Waals surface area contributed by atoms with Gasteiger partial charge in [-0.2, -0.15) is 0 Å². The van der Waals surface area contributed by atoms with Gasteiger partial charge in [0.2, 0.25) is 0 Å². The fraction of sp³-hybridized carbons (Fsp3) is 0.500. The lowest BCUT2D eigenvalue weighted by Crippen LogP contribution is -2.25. The molecule has 0 atom stereocenters. The van der Waals surface area contributed by atoms with Crippen molar-refractivity contribution in [3.8, 4) is 11.5 Å². The van der Waals surface area contributed by atoms with Crippen LogP contribution in [0.4, 0.5) is 0 Å². The number of hydrogen-bond acceptors (Lipinski definition) is 3. The SMILES string of the molecule is COc1ccc(OC)c(C(=O)NCCCCCBr)c1. The Balaban J connectivity index is 2.59. The normalized spacial score (nSPS) is 10.1. The lowest BCUT2D eigenvalue weighted by Gasteiger charge is -2.10. The van der Waals surface area contributed by atoms with E-state index < -0.39 is 0 Å². The maximum absolute atomic E-state index is 12.1. The van der Waals surface area contributed by atoms with Crippen LogP contribution >= 0.6 is 15.9 Å². The minimum atomic E-state index is -0.130. The van der Waals surface area contributed by atoms with Gasteiger partial charge in [-0.05, 0) is 31.0 Å². The molecular formula is C14H20BrNO3. The molecule has 5 heteroatoms. The predicted molar refractivity (Wildman–Crippen MR) is 79.5 cm³/mol. The van der Waals surface area contributed by atoms with Crippen LogP contribution < -0.4 is 14.8 Å². The van der Waals surface area contributed by atoms with Gasteiger partial charge < -0.3 is 14.8 Å². The third kappa shape index (κ3) is 5.11. The molecule has 0 saturated heterocycles. The number of benzene rings is 1. The molecule has 0 aliphatic heterocycles. The van der Waals surface area contributed by atoms with Crippen LogP contribution in [0.5, 0.6) is 11.5 Å². The Kier molecular flexibility index (Phi) is 7.33. The van der Waals surface area contributed by atoms with E-state index in [1.807, 2.05) is 0 Å². The van der Waals surface area contributed by atoms with Gasteiger partial charge in [0, 0.05) is 11.9 Å². The van der Waals surface area contributed by atoms with E-state index in [-0.39, 0.29) is 5.91 Å². The van der Waals surface area contributed by atoms with Gasteiger partial charge in [-0.1, -0.05) is 22.4 Å². The standard InChI is InChI=1S/C14H20BrNO3/c1-18-11-6-7-13(19-2)12(10-11)14(17)16-9-5-3-4-8-15/h6-7,10H,3-5,8-9H2,1-2H3,(H,16,17). The summed E-state index contributed by atoms with van der Waals surface area (Å²) < 4.78 is 10.3. The van der Waals surface area contributed by atoms with E-state index in [2.05, 4.69) is 21.2 Å². The van der Waals surface area contributed by atoms with Crippen molar-refractivity contribution in [1.29, 1.82) is 0 Å². The molecule has 0 aliphatic rings. The summed E-state index contributed by atoms with van der Waals surface area (Å²) in [6, 6.07) is 5.19. The number of nitrogens with one attached hydrogen (secondary N) is 1. The van der Waals surface area contributed by atoms with E-state index >= 15 is 0 Å². The third-order valence-electron chi connectivity index (χ3n) is 2.75. The largest absolute Gasteiger partial charge is 0.497 e. The minimum absolute atomic E-state index is 0.130. The average Bonchev–Trinajstić information content (AvgIpc) is 2.46. The number of amides is 1. The van der Waals surface area contributed by atoms with Gasteiger partial charge in [0.05, 0.1) is 19.8 Å². The first-order valence-corrected chi connectivity index (χ1v) is 7.41. The van der Waals surface area contributed by atoms with Gasteiger partial charge >= 0.3 is 0 Å². The summed E-state index contributed by atoms with van der Waals surface area (Å²) >= 11 is 3.38. The molecule has 1 rings (SSSR count). The number of carbonyl (C=O) groups excluding carboxylic acids is 1. The molecule has 19 heavy (non-hydrogen) atoms. The second kappa shape index (κ2) is 8.80. The van der Waals surface area contributed by atoms with Crippen LogP contribution in [-0.4, -0.2) is 32.0 Å². The Labute approximate surface area is 122 Å². The van der Waals surface area contributed by atoms with Gasteiger partial charge in [0.15, 0.2) is 0 Å². The predicted octanol–water partition coefficient (Wildman–Crippen LogP) is 3.00. The van der Waals surface area contributed by atoms with E-state index in [0.717, 1.165) is 24.6 Å². The van der Waals surface area contributed by atoms with Gasteiger partial charge in [0.25, 0.3) is 5.91 Å². The number of halogens is 1. The molecule has 0 spiro atoms. The van der Waals surface area contributed by atoms with Crippen molar-refractivity contribution in [2.24, 2.45) is 0 Å². The Hall–Kier alpha value is -1.23. The number of rotatable bonds is 8. The van der Waals surface area contributed by atoms with Gasteiger partial charge in [-0.3, -0.25) is 4.79 Å². The fourth-order valence-electron chi connectivity index (χ4n) is 1.68. The van der Waals surface area contributed by atoms with E-state index in [9.17, 15) is 4.79 Å². The second-order valence-corrected chi connectivity index (χ2v) is 4.86. The van der Waals surface area contributed by atoms with Crippen molar-refractivity contribution < 1.29 is 14.3 Å². The maximum atomic E-state index is 12.1. The first kappa shape index (κ1) is 15.8. The monoisotopic (exact) mass is 329 g/mol. The van der Waals surface area contributed by atoms with Crippen LogP contribution in [-0.2, 0) is 0 Å². The van der Waals surface area contributed by atoms with Crippen molar-refractivity contribution in [2.45, 2.75) is 19.3 Å². The Morgan fingerprint density at radius 3 is 2.63 bits per heavy atom. The summed E-state index contributed by atoms with van der Waals surface area (Å²) in [6.07, 6.45) is 3.20. The molecule has 1 N–H and O–H groups in total. The molecule has 0 unspecified atom stereocenters. The first-order valence-electron chi connectivity index (χ1n) is 6.29. The second-order valence-electron chi connectivity index (χ2n) is 4.07. The Morgan fingerprint density at radius 2 is 2.00 bits per heavy atom. The van der Waals surface area contributed by atoms with Crippen LogP contribution in [0.1, 0.15) is 29.6 Å². The van der Waals surface area contributed by atoms with Crippen molar-refractivity contribution in [1.82, 2.24) is 5.32 Å². The van der Waals surface area contributed by atoms with Crippen molar-refractivity contribution in [2.75, 3.05) is 26.1 Å². The number of hydrogen-bond donors (Lipinski definition) is 1. The van der Waals surface area contributed by atoms with E-state index in [0.29, 0.717) is 23.6 Å². The Morgan fingerprint density at radius 1 is 1.21 bits per heavy atom. The zero-order valence-corrected chi connectivity index (χ0v) is 13.0. The molecule has 1 amide bonds. The van der Waals surface area contributed by atoms with Crippen molar-refractivity contribution >= 4 is 21.8 Å². The molecule has 0 radical (unpaired) electrons. The summed E-state index contributed by atoms with van der Waals surface area (Å²) in [7, 11) is 3.12. The number of ether oxygens (including phenoxy) is 2. The average molecular weight is 330 g/mol. The number of methoxy groups -OCH3 is 2. The van der Waals surface area contributed by atoms with Gasteiger partial charge in [-0.25, -0.2) is 0 Å². The lowest BCUT2D eigenvalue weighted by molar-refractivity contribution is 0.0949. The summed E-state index contributed by atoms with van der Waals surface area (Å²) in [6.45, 7) is 0.673. The minimum Gasteiger partial charge on any atom is -0.497 e. The molecule has 0 bridgehead atoms. The summed E-state index contributed by atoms with van der Waals surface area (Å²) in [5, 5.41) is 3.90. The van der Waals surface area contributed by atoms with Crippen LogP contribution in [0.15, 0.2) is 18.2 Å². The Bertz CT molecular complexity index is 410. The molecule has 1 aromatic carbocycles. The zero-order valence-electron chi connectivity index (χ0n) is 11.4. The maximum Gasteiger partial charge on any atom is 0.255 e. The topological polar surface area (TPSA) is 47.6 Å². The molecule has 106 valence electrons. The smallest absolute Gasteiger partial charge is 0.255 e. The summed E-state index contributed by atoms with van der Waals surface area (Å²) in [5.74, 6) is 1.07. The molecule has 4 nitrogen and oxygen atoms in total. The molecule has 0 saturated carbocycles. The van der Waals surface area contributed by atoms with Crippen molar-refractivity contribution in [3.05, 3.63) is 23.8 Å². The first-order chi connectivity index (χ1) is 9.22. The highest BCUT2D eigenvalue weighted by atomic mass is 79.9. The lowest BCUT2D eigenvalue weighted by atomic mass is 10.1. The zero-order chi connectivity index (χ0) is 14.1. The molecule has 1 aromatic rings. The number of carbonyl (C=O) groups is 1. The van der Waals surface area contributed by atoms with Crippen molar-refractivity contribution in [3.63, 3.8) is 0 Å². The van der Waals surface area contributed by atoms with Gasteiger partial charge in [-0.15, -0.1) is 0 Å². The highest BCUT2D eigenvalue weighted by Crippen LogP contribution is 2.23. The van der Waals surface area contributed by atoms with E-state index in [4.69, 9.17) is 9.47 Å². The molecule has 0 fully saturated rings. The quantitative estimate of drug-likeness (QED) is 0.589. The summed E-state index contributed by atoms with van der Waals surface area (Å²) in [5.41, 5.74) is 0.502. The number of unbranched alkanes of at least 4 members (excludes halogenated alkanes) is 2. The van der Waals surface area contributed by atoms with Crippen LogP contribution in [0, 0.1) is 0 Å². The van der Waals surface area contributed by atoms with Crippen LogP contribution in [0.3, 0.4) is 0 Å². The fourth-order valence-corrected chi connectivity index (χ4v) is 2.08. The van der Waals surface area contributed by atoms with Crippen LogP contribution in [0.25, 0.3) is 0 Å². The van der Waals surface area contributed by atoms with E-state index in [1.165, 1.54) is 0 Å². The molecular weight excluding hydrogens is 310 g/mol. The van der Waals surface area contributed by atoms with E-state index in [1.54, 1.807) is 32.4 Å². The highest BCUT2D eigenvalue weighted by molar-refractivity contribution is 9.09. The highest BCUT2D eigenvalue weighted by Gasteiger charge is 2.12. The molecule has 0 aliphatic carbocycles. The molecule has 0 aromatic heterocycles. The van der Waals surface area contributed by atoms with Crippen LogP contribution in [0.2, 0.25) is 0 Å². The number of alkyl halides is 1. The molecule has 0 heterocycles. The summed E-state index contributed by atoms with van der Waals surface area (Å²) in [4.78, 5) is 12.1.